The monoisotopic (exact) mass is 278 g/mol. The van der Waals surface area contributed by atoms with Gasteiger partial charge in [0.05, 0.1) is 5.69 Å². The normalized spacial score (nSPS) is 12.4. The zero-order valence-electron chi connectivity index (χ0n) is 8.76. The summed E-state index contributed by atoms with van der Waals surface area (Å²) in [5, 5.41) is 10.2. The number of rotatable bonds is 2. The van der Waals surface area contributed by atoms with Crippen LogP contribution in [0.4, 0.5) is 0 Å². The van der Waals surface area contributed by atoms with E-state index < -0.39 is 6.10 Å². The van der Waals surface area contributed by atoms with Gasteiger partial charge in [-0.1, -0.05) is 34.1 Å². The lowest BCUT2D eigenvalue weighted by atomic mass is 10.0. The predicted octanol–water partition coefficient (Wildman–Crippen LogP) is 2.63. The Balaban J connectivity index is 2.42. The number of halogens is 1. The number of hydrogen-bond acceptors (Lipinski definition) is 3. The Morgan fingerprint density at radius 1 is 1.31 bits per heavy atom. The van der Waals surface area contributed by atoms with E-state index in [0.29, 0.717) is 5.69 Å². The van der Waals surface area contributed by atoms with E-state index in [1.807, 2.05) is 25.1 Å². The highest BCUT2D eigenvalue weighted by Crippen LogP contribution is 2.29. The van der Waals surface area contributed by atoms with Crippen molar-refractivity contribution in [3.8, 4) is 0 Å². The van der Waals surface area contributed by atoms with Crippen LogP contribution in [0.3, 0.4) is 0 Å². The minimum atomic E-state index is -0.725. The highest BCUT2D eigenvalue weighted by atomic mass is 79.9. The van der Waals surface area contributed by atoms with Crippen LogP contribution >= 0.6 is 15.9 Å². The molecule has 1 N–H and O–H groups in total. The molecule has 0 saturated carbocycles. The molecule has 16 heavy (non-hydrogen) atoms. The van der Waals surface area contributed by atoms with Crippen molar-refractivity contribution in [3.63, 3.8) is 0 Å². The summed E-state index contributed by atoms with van der Waals surface area (Å²) in [5.74, 6) is 0. The maximum atomic E-state index is 10.2. The van der Waals surface area contributed by atoms with E-state index in [9.17, 15) is 5.11 Å². The smallest absolute Gasteiger partial charge is 0.122 e. The number of nitrogens with zero attached hydrogens (tertiary/aromatic N) is 2. The van der Waals surface area contributed by atoms with Gasteiger partial charge in [0.15, 0.2) is 0 Å². The summed E-state index contributed by atoms with van der Waals surface area (Å²) in [6, 6.07) is 7.49. The molecule has 2 aromatic rings. The molecule has 1 atom stereocenters. The maximum absolute atomic E-state index is 10.2. The summed E-state index contributed by atoms with van der Waals surface area (Å²) in [4.78, 5) is 7.87. The van der Waals surface area contributed by atoms with Crippen LogP contribution < -0.4 is 0 Å². The van der Waals surface area contributed by atoms with E-state index in [1.165, 1.54) is 6.33 Å². The zero-order valence-corrected chi connectivity index (χ0v) is 10.3. The van der Waals surface area contributed by atoms with Crippen molar-refractivity contribution in [2.75, 3.05) is 0 Å². The van der Waals surface area contributed by atoms with Crippen molar-refractivity contribution in [1.82, 2.24) is 9.97 Å². The third-order valence-electron chi connectivity index (χ3n) is 2.40. The van der Waals surface area contributed by atoms with Crippen molar-refractivity contribution >= 4 is 15.9 Å². The van der Waals surface area contributed by atoms with Crippen LogP contribution in [0.25, 0.3) is 0 Å². The lowest BCUT2D eigenvalue weighted by molar-refractivity contribution is 0.214. The lowest BCUT2D eigenvalue weighted by Crippen LogP contribution is -2.03. The Bertz CT molecular complexity index is 488. The SMILES string of the molecule is Cc1cccc([C@@H](O)c2ccncn2)c1Br. The van der Waals surface area contributed by atoms with Crippen LogP contribution in [0.5, 0.6) is 0 Å². The minimum Gasteiger partial charge on any atom is -0.382 e. The van der Waals surface area contributed by atoms with Gasteiger partial charge in [0.25, 0.3) is 0 Å². The summed E-state index contributed by atoms with van der Waals surface area (Å²) in [5.41, 5.74) is 2.51. The molecule has 0 amide bonds. The van der Waals surface area contributed by atoms with Crippen LogP contribution in [0, 0.1) is 6.92 Å². The van der Waals surface area contributed by atoms with Crippen LogP contribution in [-0.2, 0) is 0 Å². The molecule has 0 fully saturated rings. The van der Waals surface area contributed by atoms with E-state index >= 15 is 0 Å². The summed E-state index contributed by atoms with van der Waals surface area (Å²) < 4.78 is 0.918. The predicted molar refractivity (Wildman–Crippen MR) is 65.0 cm³/mol. The average Bonchev–Trinajstić information content (AvgIpc) is 2.33. The molecule has 0 aliphatic heterocycles. The van der Waals surface area contributed by atoms with Gasteiger partial charge in [-0.25, -0.2) is 9.97 Å². The van der Waals surface area contributed by atoms with E-state index in [0.717, 1.165) is 15.6 Å². The largest absolute Gasteiger partial charge is 0.382 e. The third kappa shape index (κ3) is 2.13. The molecular formula is C12H11BrN2O. The summed E-state index contributed by atoms with van der Waals surface area (Å²) >= 11 is 3.47. The number of aryl methyl sites for hydroxylation is 1. The molecular weight excluding hydrogens is 268 g/mol. The van der Waals surface area contributed by atoms with Crippen molar-refractivity contribution in [3.05, 3.63) is 58.1 Å². The highest BCUT2D eigenvalue weighted by Gasteiger charge is 2.15. The first kappa shape index (κ1) is 11.2. The first-order chi connectivity index (χ1) is 7.70. The molecule has 2 rings (SSSR count). The van der Waals surface area contributed by atoms with Gasteiger partial charge in [-0.3, -0.25) is 0 Å². The molecule has 0 saturated heterocycles. The van der Waals surface area contributed by atoms with Crippen molar-refractivity contribution in [2.24, 2.45) is 0 Å². The second-order valence-corrected chi connectivity index (χ2v) is 4.31. The average molecular weight is 279 g/mol. The molecule has 4 heteroatoms. The molecule has 1 aromatic carbocycles. The summed E-state index contributed by atoms with van der Waals surface area (Å²) in [6.45, 7) is 1.99. The van der Waals surface area contributed by atoms with Gasteiger partial charge in [0, 0.05) is 16.2 Å². The molecule has 1 heterocycles. The topological polar surface area (TPSA) is 46.0 Å². The number of aliphatic hydroxyl groups excluding tert-OH is 1. The van der Waals surface area contributed by atoms with Gasteiger partial charge >= 0.3 is 0 Å². The molecule has 3 nitrogen and oxygen atoms in total. The standard InChI is InChI=1S/C12H11BrN2O/c1-8-3-2-4-9(11(8)13)12(16)10-5-6-14-7-15-10/h2-7,12,16H,1H3/t12-/m1/s1. The molecule has 0 bridgehead atoms. The van der Waals surface area contributed by atoms with Crippen LogP contribution in [0.1, 0.15) is 22.9 Å². The van der Waals surface area contributed by atoms with Crippen LogP contribution in [-0.4, -0.2) is 15.1 Å². The van der Waals surface area contributed by atoms with Gasteiger partial charge in [0.2, 0.25) is 0 Å². The van der Waals surface area contributed by atoms with Gasteiger partial charge < -0.3 is 5.11 Å². The summed E-state index contributed by atoms with van der Waals surface area (Å²) in [6.07, 6.45) is 2.33. The van der Waals surface area contributed by atoms with E-state index in [1.54, 1.807) is 12.3 Å². The zero-order chi connectivity index (χ0) is 11.5. The van der Waals surface area contributed by atoms with Crippen molar-refractivity contribution < 1.29 is 5.11 Å². The Kier molecular flexibility index (Phi) is 3.31. The van der Waals surface area contributed by atoms with Crippen LogP contribution in [0.2, 0.25) is 0 Å². The fraction of sp³-hybridized carbons (Fsp3) is 0.167. The molecule has 0 radical (unpaired) electrons. The third-order valence-corrected chi connectivity index (χ3v) is 3.48. The molecule has 1 aromatic heterocycles. The lowest BCUT2D eigenvalue weighted by Gasteiger charge is -2.13. The van der Waals surface area contributed by atoms with Gasteiger partial charge in [0.1, 0.15) is 12.4 Å². The molecule has 0 aliphatic carbocycles. The Labute approximate surface area is 102 Å². The van der Waals surface area contributed by atoms with Gasteiger partial charge in [-0.2, -0.15) is 0 Å². The van der Waals surface area contributed by atoms with E-state index in [2.05, 4.69) is 25.9 Å². The van der Waals surface area contributed by atoms with Crippen molar-refractivity contribution in [1.29, 1.82) is 0 Å². The van der Waals surface area contributed by atoms with E-state index in [4.69, 9.17) is 0 Å². The Morgan fingerprint density at radius 2 is 2.12 bits per heavy atom. The maximum Gasteiger partial charge on any atom is 0.122 e. The van der Waals surface area contributed by atoms with Crippen LogP contribution in [0.15, 0.2) is 41.3 Å². The number of hydrogen-bond donors (Lipinski definition) is 1. The minimum absolute atomic E-state index is 0.598. The number of benzene rings is 1. The second-order valence-electron chi connectivity index (χ2n) is 3.51. The highest BCUT2D eigenvalue weighted by molar-refractivity contribution is 9.10. The quantitative estimate of drug-likeness (QED) is 0.919. The van der Waals surface area contributed by atoms with E-state index in [-0.39, 0.29) is 0 Å². The fourth-order valence-electron chi connectivity index (χ4n) is 1.50. The Hall–Kier alpha value is -1.26. The number of aliphatic hydroxyl groups is 1. The fourth-order valence-corrected chi connectivity index (χ4v) is 1.98. The second kappa shape index (κ2) is 4.72. The molecule has 0 unspecified atom stereocenters. The first-order valence-electron chi connectivity index (χ1n) is 4.89. The molecule has 0 aliphatic rings. The van der Waals surface area contributed by atoms with Gasteiger partial charge in [-0.15, -0.1) is 0 Å². The summed E-state index contributed by atoms with van der Waals surface area (Å²) in [7, 11) is 0. The number of aromatic nitrogens is 2. The molecule has 0 spiro atoms. The molecule has 82 valence electrons. The Morgan fingerprint density at radius 3 is 2.81 bits per heavy atom. The van der Waals surface area contributed by atoms with Gasteiger partial charge in [-0.05, 0) is 18.6 Å². The first-order valence-corrected chi connectivity index (χ1v) is 5.68. The van der Waals surface area contributed by atoms with Crippen molar-refractivity contribution in [2.45, 2.75) is 13.0 Å².